The molecule has 0 fully saturated rings. The molecule has 2 heterocycles. The molecule has 2 aromatic carbocycles. The van der Waals surface area contributed by atoms with E-state index in [1.54, 1.807) is 19.1 Å². The number of furan rings is 1. The summed E-state index contributed by atoms with van der Waals surface area (Å²) >= 11 is 0. The molecule has 0 spiro atoms. The first-order valence-electron chi connectivity index (χ1n) is 10.5. The van der Waals surface area contributed by atoms with Gasteiger partial charge >= 0.3 is 0 Å². The van der Waals surface area contributed by atoms with Crippen LogP contribution in [0, 0.1) is 0 Å². The second-order valence-corrected chi connectivity index (χ2v) is 7.55. The summed E-state index contributed by atoms with van der Waals surface area (Å²) in [5, 5.41) is 2.71. The first-order chi connectivity index (χ1) is 15.1. The van der Waals surface area contributed by atoms with E-state index in [1.165, 1.54) is 5.56 Å². The summed E-state index contributed by atoms with van der Waals surface area (Å²) in [6, 6.07) is 19.3. The Balaban J connectivity index is 1.56. The third-order valence-electron chi connectivity index (χ3n) is 5.47. The standard InChI is InChI=1S/C25H26N2O4/c1-3-26-25(29)23-12-11-21(31-23)16-30-20-10-9-18-13-14-27(17(2)28)24(22(18)15-20)19-7-5-4-6-8-19/h4-12,15,24H,3,13-14,16H2,1-2H3,(H,26,29). The van der Waals surface area contributed by atoms with Gasteiger partial charge in [0.2, 0.25) is 5.91 Å². The average molecular weight is 418 g/mol. The zero-order valence-corrected chi connectivity index (χ0v) is 17.8. The van der Waals surface area contributed by atoms with Gasteiger partial charge in [0.25, 0.3) is 5.91 Å². The van der Waals surface area contributed by atoms with Crippen LogP contribution in [0.2, 0.25) is 0 Å². The molecule has 0 saturated carbocycles. The smallest absolute Gasteiger partial charge is 0.286 e. The van der Waals surface area contributed by atoms with Crippen LogP contribution in [0.4, 0.5) is 0 Å². The Morgan fingerprint density at radius 2 is 1.94 bits per heavy atom. The maximum atomic E-state index is 12.3. The maximum Gasteiger partial charge on any atom is 0.286 e. The number of nitrogens with zero attached hydrogens (tertiary/aromatic N) is 1. The minimum Gasteiger partial charge on any atom is -0.486 e. The van der Waals surface area contributed by atoms with Gasteiger partial charge < -0.3 is 19.4 Å². The van der Waals surface area contributed by atoms with E-state index in [0.717, 1.165) is 17.5 Å². The van der Waals surface area contributed by atoms with Crippen LogP contribution in [-0.4, -0.2) is 29.8 Å². The molecule has 6 heteroatoms. The highest BCUT2D eigenvalue weighted by Crippen LogP contribution is 2.37. The second-order valence-electron chi connectivity index (χ2n) is 7.55. The lowest BCUT2D eigenvalue weighted by molar-refractivity contribution is -0.130. The molecule has 1 unspecified atom stereocenters. The van der Waals surface area contributed by atoms with E-state index in [2.05, 4.69) is 23.5 Å². The molecule has 3 aromatic rings. The van der Waals surface area contributed by atoms with Gasteiger partial charge in [-0.2, -0.15) is 0 Å². The molecule has 2 amide bonds. The number of amides is 2. The normalized spacial score (nSPS) is 15.3. The molecule has 1 N–H and O–H groups in total. The van der Waals surface area contributed by atoms with Gasteiger partial charge in [-0.1, -0.05) is 36.4 Å². The fourth-order valence-electron chi connectivity index (χ4n) is 4.00. The van der Waals surface area contributed by atoms with E-state index in [0.29, 0.717) is 24.6 Å². The van der Waals surface area contributed by atoms with Crippen LogP contribution in [0.1, 0.15) is 52.9 Å². The zero-order chi connectivity index (χ0) is 21.8. The predicted molar refractivity (Wildman–Crippen MR) is 117 cm³/mol. The van der Waals surface area contributed by atoms with Crippen LogP contribution in [0.3, 0.4) is 0 Å². The molecule has 0 saturated heterocycles. The maximum absolute atomic E-state index is 12.3. The van der Waals surface area contributed by atoms with Crippen molar-refractivity contribution in [2.24, 2.45) is 0 Å². The fourth-order valence-corrected chi connectivity index (χ4v) is 4.00. The largest absolute Gasteiger partial charge is 0.486 e. The third-order valence-corrected chi connectivity index (χ3v) is 5.47. The zero-order valence-electron chi connectivity index (χ0n) is 17.8. The first kappa shape index (κ1) is 20.7. The summed E-state index contributed by atoms with van der Waals surface area (Å²) in [4.78, 5) is 26.1. The first-order valence-corrected chi connectivity index (χ1v) is 10.5. The molecule has 31 heavy (non-hydrogen) atoms. The lowest BCUT2D eigenvalue weighted by Crippen LogP contribution is -2.39. The molecule has 4 rings (SSSR count). The van der Waals surface area contributed by atoms with Crippen molar-refractivity contribution < 1.29 is 18.7 Å². The van der Waals surface area contributed by atoms with E-state index in [4.69, 9.17) is 9.15 Å². The molecule has 0 aliphatic carbocycles. The van der Waals surface area contributed by atoms with Gasteiger partial charge in [-0.05, 0) is 54.3 Å². The van der Waals surface area contributed by atoms with Gasteiger partial charge in [0.15, 0.2) is 5.76 Å². The summed E-state index contributed by atoms with van der Waals surface area (Å²) in [6.45, 7) is 4.92. The van der Waals surface area contributed by atoms with E-state index >= 15 is 0 Å². The van der Waals surface area contributed by atoms with Crippen molar-refractivity contribution in [3.63, 3.8) is 0 Å². The molecule has 160 valence electrons. The predicted octanol–water partition coefficient (Wildman–Crippen LogP) is 4.10. The van der Waals surface area contributed by atoms with Crippen molar-refractivity contribution in [1.82, 2.24) is 10.2 Å². The summed E-state index contributed by atoms with van der Waals surface area (Å²) < 4.78 is 11.5. The van der Waals surface area contributed by atoms with Crippen molar-refractivity contribution in [3.05, 3.63) is 88.9 Å². The van der Waals surface area contributed by atoms with Gasteiger partial charge in [0.1, 0.15) is 18.1 Å². The van der Waals surface area contributed by atoms with Gasteiger partial charge in [-0.15, -0.1) is 0 Å². The molecular formula is C25H26N2O4. The summed E-state index contributed by atoms with van der Waals surface area (Å²) in [5.74, 6) is 1.36. The summed E-state index contributed by atoms with van der Waals surface area (Å²) in [5.41, 5.74) is 3.37. The van der Waals surface area contributed by atoms with E-state index in [9.17, 15) is 9.59 Å². The third kappa shape index (κ3) is 4.48. The number of fused-ring (bicyclic) bond motifs is 1. The van der Waals surface area contributed by atoms with E-state index in [1.807, 2.05) is 42.2 Å². The van der Waals surface area contributed by atoms with Crippen molar-refractivity contribution in [3.8, 4) is 5.75 Å². The molecule has 1 aromatic heterocycles. The van der Waals surface area contributed by atoms with E-state index in [-0.39, 0.29) is 30.2 Å². The summed E-state index contributed by atoms with van der Waals surface area (Å²) in [7, 11) is 0. The molecule has 6 nitrogen and oxygen atoms in total. The number of hydrogen-bond donors (Lipinski definition) is 1. The number of carbonyl (C=O) groups is 2. The molecule has 0 radical (unpaired) electrons. The average Bonchev–Trinajstić information content (AvgIpc) is 3.26. The Bertz CT molecular complexity index is 1070. The van der Waals surface area contributed by atoms with Gasteiger partial charge in [0, 0.05) is 20.0 Å². The van der Waals surface area contributed by atoms with Crippen LogP contribution in [0.15, 0.2) is 65.1 Å². The van der Waals surface area contributed by atoms with Crippen molar-refractivity contribution in [1.29, 1.82) is 0 Å². The number of hydrogen-bond acceptors (Lipinski definition) is 4. The topological polar surface area (TPSA) is 71.8 Å². The Morgan fingerprint density at radius 3 is 2.68 bits per heavy atom. The SMILES string of the molecule is CCNC(=O)c1ccc(COc2ccc3c(c2)C(c2ccccc2)N(C(C)=O)CC3)o1. The second kappa shape index (κ2) is 9.08. The highest BCUT2D eigenvalue weighted by Gasteiger charge is 2.30. The molecule has 1 aliphatic heterocycles. The highest BCUT2D eigenvalue weighted by atomic mass is 16.5. The minimum atomic E-state index is -0.238. The van der Waals surface area contributed by atoms with Crippen LogP contribution >= 0.6 is 0 Å². The quantitative estimate of drug-likeness (QED) is 0.654. The minimum absolute atomic E-state index is 0.0549. The van der Waals surface area contributed by atoms with Crippen molar-refractivity contribution in [2.75, 3.05) is 13.1 Å². The number of ether oxygens (including phenoxy) is 1. The summed E-state index contributed by atoms with van der Waals surface area (Å²) in [6.07, 6.45) is 0.812. The fraction of sp³-hybridized carbons (Fsp3) is 0.280. The van der Waals surface area contributed by atoms with Crippen LogP contribution in [0.25, 0.3) is 0 Å². The Kier molecular flexibility index (Phi) is 6.07. The molecular weight excluding hydrogens is 392 g/mol. The van der Waals surface area contributed by atoms with Gasteiger partial charge in [-0.3, -0.25) is 9.59 Å². The molecule has 1 aliphatic rings. The Labute approximate surface area is 181 Å². The van der Waals surface area contributed by atoms with Crippen molar-refractivity contribution in [2.45, 2.75) is 32.9 Å². The van der Waals surface area contributed by atoms with Crippen LogP contribution < -0.4 is 10.1 Å². The van der Waals surface area contributed by atoms with Gasteiger partial charge in [0.05, 0.1) is 6.04 Å². The Hall–Kier alpha value is -3.54. The number of rotatable bonds is 6. The number of benzene rings is 2. The monoisotopic (exact) mass is 418 g/mol. The Morgan fingerprint density at radius 1 is 1.13 bits per heavy atom. The number of nitrogens with one attached hydrogen (secondary N) is 1. The number of carbonyl (C=O) groups excluding carboxylic acids is 2. The van der Waals surface area contributed by atoms with Crippen LogP contribution in [0.5, 0.6) is 5.75 Å². The lowest BCUT2D eigenvalue weighted by Gasteiger charge is -2.37. The lowest BCUT2D eigenvalue weighted by atomic mass is 9.88. The highest BCUT2D eigenvalue weighted by molar-refractivity contribution is 5.91. The molecule has 0 bridgehead atoms. The van der Waals surface area contributed by atoms with E-state index < -0.39 is 0 Å². The van der Waals surface area contributed by atoms with Crippen LogP contribution in [-0.2, 0) is 17.8 Å². The molecule has 1 atom stereocenters. The van der Waals surface area contributed by atoms with Crippen molar-refractivity contribution >= 4 is 11.8 Å². The van der Waals surface area contributed by atoms with Gasteiger partial charge in [-0.25, -0.2) is 0 Å².